The molecule has 0 amide bonds. The van der Waals surface area contributed by atoms with Gasteiger partial charge < -0.3 is 19.7 Å². The summed E-state index contributed by atoms with van der Waals surface area (Å²) in [5, 5.41) is 3.53. The summed E-state index contributed by atoms with van der Waals surface area (Å²) in [6.07, 6.45) is 0. The summed E-state index contributed by atoms with van der Waals surface area (Å²) < 4.78 is 10.9. The van der Waals surface area contributed by atoms with Gasteiger partial charge in [-0.3, -0.25) is 0 Å². The summed E-state index contributed by atoms with van der Waals surface area (Å²) >= 11 is 0. The van der Waals surface area contributed by atoms with Crippen molar-refractivity contribution in [1.82, 2.24) is 10.2 Å². The van der Waals surface area contributed by atoms with Crippen LogP contribution < -0.4 is 14.8 Å². The van der Waals surface area contributed by atoms with E-state index in [1.807, 2.05) is 19.1 Å². The van der Waals surface area contributed by atoms with E-state index >= 15 is 0 Å². The molecule has 21 heavy (non-hydrogen) atoms. The van der Waals surface area contributed by atoms with Crippen LogP contribution >= 0.6 is 0 Å². The average Bonchev–Trinajstić information content (AvgIpc) is 2.38. The number of nitrogens with one attached hydrogen (secondary N) is 1. The fourth-order valence-corrected chi connectivity index (χ4v) is 2.55. The van der Waals surface area contributed by atoms with Crippen LogP contribution in [0.4, 0.5) is 0 Å². The Morgan fingerprint density at radius 3 is 2.48 bits per heavy atom. The zero-order valence-electron chi connectivity index (χ0n) is 14.3. The maximum absolute atomic E-state index is 5.53. The van der Waals surface area contributed by atoms with Gasteiger partial charge in [-0.25, -0.2) is 0 Å². The highest BCUT2D eigenvalue weighted by atomic mass is 16.5. The lowest BCUT2D eigenvalue weighted by Crippen LogP contribution is -2.37. The highest BCUT2D eigenvalue weighted by molar-refractivity contribution is 5.42. The second-order valence-electron chi connectivity index (χ2n) is 6.42. The molecule has 1 N–H and O–H groups in total. The van der Waals surface area contributed by atoms with E-state index in [2.05, 4.69) is 44.2 Å². The Labute approximate surface area is 129 Å². The van der Waals surface area contributed by atoms with Crippen LogP contribution in [0.2, 0.25) is 0 Å². The van der Waals surface area contributed by atoms with Gasteiger partial charge in [0, 0.05) is 19.6 Å². The second kappa shape index (κ2) is 8.25. The van der Waals surface area contributed by atoms with Crippen LogP contribution in [0.5, 0.6) is 11.5 Å². The molecule has 1 rings (SSSR count). The van der Waals surface area contributed by atoms with E-state index in [0.717, 1.165) is 31.1 Å². The zero-order valence-corrected chi connectivity index (χ0v) is 14.3. The Morgan fingerprint density at radius 1 is 1.19 bits per heavy atom. The van der Waals surface area contributed by atoms with E-state index in [-0.39, 0.29) is 5.41 Å². The van der Waals surface area contributed by atoms with Crippen molar-refractivity contribution in [2.75, 3.05) is 40.9 Å². The third-order valence-corrected chi connectivity index (χ3v) is 3.20. The number of hydrogen-bond acceptors (Lipinski definition) is 4. The number of benzene rings is 1. The van der Waals surface area contributed by atoms with Crippen LogP contribution in [0.1, 0.15) is 26.3 Å². The molecular weight excluding hydrogens is 264 g/mol. The average molecular weight is 294 g/mol. The molecule has 0 saturated heterocycles. The predicted molar refractivity (Wildman–Crippen MR) is 88.2 cm³/mol. The molecule has 4 heteroatoms. The largest absolute Gasteiger partial charge is 0.493 e. The standard InChI is InChI=1S/C17H30N2O2/c1-7-21-15-9-8-14(10-16(15)20-6)11-18-12-17(2,3)13-19(4)5/h8-10,18H,7,11-13H2,1-6H3. The van der Waals surface area contributed by atoms with Gasteiger partial charge in [0.15, 0.2) is 11.5 Å². The topological polar surface area (TPSA) is 33.7 Å². The molecule has 0 aliphatic heterocycles. The van der Waals surface area contributed by atoms with Crippen LogP contribution in [0.15, 0.2) is 18.2 Å². The minimum absolute atomic E-state index is 0.249. The van der Waals surface area contributed by atoms with Gasteiger partial charge in [-0.05, 0) is 44.1 Å². The summed E-state index contributed by atoms with van der Waals surface area (Å²) in [7, 11) is 5.90. The normalized spacial score (nSPS) is 11.8. The molecule has 0 aliphatic carbocycles. The first kappa shape index (κ1) is 17.8. The molecule has 0 atom stereocenters. The molecule has 1 aromatic carbocycles. The molecule has 0 aromatic heterocycles. The molecule has 0 fully saturated rings. The van der Waals surface area contributed by atoms with Crippen molar-refractivity contribution < 1.29 is 9.47 Å². The van der Waals surface area contributed by atoms with Crippen molar-refractivity contribution in [3.63, 3.8) is 0 Å². The molecule has 120 valence electrons. The molecule has 0 spiro atoms. The minimum atomic E-state index is 0.249. The smallest absolute Gasteiger partial charge is 0.161 e. The van der Waals surface area contributed by atoms with Crippen LogP contribution in [0, 0.1) is 5.41 Å². The Bertz CT molecular complexity index is 431. The zero-order chi connectivity index (χ0) is 15.9. The molecule has 0 saturated carbocycles. The first-order chi connectivity index (χ1) is 9.88. The van der Waals surface area contributed by atoms with Crippen molar-refractivity contribution in [3.05, 3.63) is 23.8 Å². The van der Waals surface area contributed by atoms with Crippen LogP contribution in [-0.4, -0.2) is 45.8 Å². The molecule has 0 unspecified atom stereocenters. The van der Waals surface area contributed by atoms with E-state index in [1.54, 1.807) is 7.11 Å². The van der Waals surface area contributed by atoms with Gasteiger partial charge in [0.1, 0.15) is 0 Å². The highest BCUT2D eigenvalue weighted by Crippen LogP contribution is 2.28. The lowest BCUT2D eigenvalue weighted by atomic mass is 9.93. The van der Waals surface area contributed by atoms with Gasteiger partial charge in [-0.15, -0.1) is 0 Å². The van der Waals surface area contributed by atoms with Crippen molar-refractivity contribution in [2.45, 2.75) is 27.3 Å². The molecule has 0 radical (unpaired) electrons. The first-order valence-electron chi connectivity index (χ1n) is 7.53. The van der Waals surface area contributed by atoms with E-state index in [1.165, 1.54) is 5.56 Å². The lowest BCUT2D eigenvalue weighted by molar-refractivity contribution is 0.232. The van der Waals surface area contributed by atoms with Gasteiger partial charge in [-0.2, -0.15) is 0 Å². The van der Waals surface area contributed by atoms with Crippen molar-refractivity contribution in [2.24, 2.45) is 5.41 Å². The number of hydrogen-bond donors (Lipinski definition) is 1. The van der Waals surface area contributed by atoms with Crippen LogP contribution in [0.25, 0.3) is 0 Å². The molecule has 0 aliphatic rings. The molecule has 0 bridgehead atoms. The van der Waals surface area contributed by atoms with Gasteiger partial charge in [-0.1, -0.05) is 19.9 Å². The molecule has 0 heterocycles. The Kier molecular flexibility index (Phi) is 6.99. The molecular formula is C17H30N2O2. The van der Waals surface area contributed by atoms with Crippen molar-refractivity contribution >= 4 is 0 Å². The quantitative estimate of drug-likeness (QED) is 0.759. The summed E-state index contributed by atoms with van der Waals surface area (Å²) in [6, 6.07) is 6.10. The number of rotatable bonds is 9. The number of ether oxygens (including phenoxy) is 2. The highest BCUT2D eigenvalue weighted by Gasteiger charge is 2.18. The lowest BCUT2D eigenvalue weighted by Gasteiger charge is -2.28. The van der Waals surface area contributed by atoms with E-state index in [9.17, 15) is 0 Å². The Balaban J connectivity index is 2.56. The third kappa shape index (κ3) is 6.36. The van der Waals surface area contributed by atoms with Crippen LogP contribution in [0.3, 0.4) is 0 Å². The molecule has 1 aromatic rings. The van der Waals surface area contributed by atoms with E-state index < -0.39 is 0 Å². The monoisotopic (exact) mass is 294 g/mol. The molecule has 4 nitrogen and oxygen atoms in total. The summed E-state index contributed by atoms with van der Waals surface area (Å²) in [5.41, 5.74) is 1.45. The van der Waals surface area contributed by atoms with E-state index in [4.69, 9.17) is 9.47 Å². The summed E-state index contributed by atoms with van der Waals surface area (Å²) in [6.45, 7) is 10.0. The van der Waals surface area contributed by atoms with Crippen molar-refractivity contribution in [3.8, 4) is 11.5 Å². The maximum Gasteiger partial charge on any atom is 0.161 e. The van der Waals surface area contributed by atoms with Gasteiger partial charge in [0.2, 0.25) is 0 Å². The maximum atomic E-state index is 5.53. The summed E-state index contributed by atoms with van der Waals surface area (Å²) in [4.78, 5) is 2.22. The van der Waals surface area contributed by atoms with Gasteiger partial charge in [0.25, 0.3) is 0 Å². The number of methoxy groups -OCH3 is 1. The fourth-order valence-electron chi connectivity index (χ4n) is 2.55. The first-order valence-corrected chi connectivity index (χ1v) is 7.53. The van der Waals surface area contributed by atoms with E-state index in [0.29, 0.717) is 6.61 Å². The Morgan fingerprint density at radius 2 is 1.90 bits per heavy atom. The van der Waals surface area contributed by atoms with Gasteiger partial charge in [0.05, 0.1) is 13.7 Å². The fraction of sp³-hybridized carbons (Fsp3) is 0.647. The number of nitrogens with zero attached hydrogens (tertiary/aromatic N) is 1. The summed E-state index contributed by atoms with van der Waals surface area (Å²) in [5.74, 6) is 1.60. The minimum Gasteiger partial charge on any atom is -0.493 e. The SMILES string of the molecule is CCOc1ccc(CNCC(C)(C)CN(C)C)cc1OC. The Hall–Kier alpha value is -1.26. The predicted octanol–water partition coefficient (Wildman–Crippen LogP) is 2.77. The second-order valence-corrected chi connectivity index (χ2v) is 6.42. The van der Waals surface area contributed by atoms with Crippen LogP contribution in [-0.2, 0) is 6.54 Å². The van der Waals surface area contributed by atoms with Gasteiger partial charge >= 0.3 is 0 Å². The van der Waals surface area contributed by atoms with Crippen molar-refractivity contribution in [1.29, 1.82) is 0 Å². The third-order valence-electron chi connectivity index (χ3n) is 3.20.